The molecule has 0 radical (unpaired) electrons. The van der Waals surface area contributed by atoms with Gasteiger partial charge < -0.3 is 14.9 Å². The molecule has 0 spiro atoms. The molecule has 0 unspecified atom stereocenters. The SMILES string of the molecule is Fc1ccccc1Cn1cc(CNCCc2c[nH]c3ccccc23)c2ccccc21. The lowest BCUT2D eigenvalue weighted by atomic mass is 10.1. The van der Waals surface area contributed by atoms with Gasteiger partial charge in [0, 0.05) is 46.3 Å². The molecular formula is C26H24FN3. The molecule has 3 nitrogen and oxygen atoms in total. The first-order valence-corrected chi connectivity index (χ1v) is 10.4. The Hall–Kier alpha value is -3.37. The molecule has 0 fully saturated rings. The molecule has 0 amide bonds. The van der Waals surface area contributed by atoms with Gasteiger partial charge in [0.15, 0.2) is 0 Å². The summed E-state index contributed by atoms with van der Waals surface area (Å²) in [5.41, 5.74) is 5.59. The number of halogens is 1. The minimum atomic E-state index is -0.159. The standard InChI is InChI=1S/C26H24FN3/c27-24-10-4-1-7-20(24)17-30-18-21(23-9-3-6-12-26(23)30)15-28-14-13-19-16-29-25-11-5-2-8-22(19)25/h1-12,16,18,28-29H,13-15,17H2. The fourth-order valence-corrected chi connectivity index (χ4v) is 4.19. The van der Waals surface area contributed by atoms with E-state index in [1.165, 1.54) is 33.5 Å². The largest absolute Gasteiger partial charge is 0.361 e. The number of nitrogens with zero attached hydrogens (tertiary/aromatic N) is 1. The van der Waals surface area contributed by atoms with Crippen LogP contribution in [0.5, 0.6) is 0 Å². The molecule has 2 N–H and O–H groups in total. The van der Waals surface area contributed by atoms with Gasteiger partial charge in [0.2, 0.25) is 0 Å². The number of hydrogen-bond donors (Lipinski definition) is 2. The number of para-hydroxylation sites is 2. The molecule has 30 heavy (non-hydrogen) atoms. The zero-order valence-corrected chi connectivity index (χ0v) is 16.7. The summed E-state index contributed by atoms with van der Waals surface area (Å²) < 4.78 is 16.3. The van der Waals surface area contributed by atoms with Crippen LogP contribution in [0.2, 0.25) is 0 Å². The summed E-state index contributed by atoms with van der Waals surface area (Å²) in [5.74, 6) is -0.159. The molecule has 3 aromatic carbocycles. The van der Waals surface area contributed by atoms with Crippen LogP contribution in [0.4, 0.5) is 4.39 Å². The zero-order valence-electron chi connectivity index (χ0n) is 16.7. The van der Waals surface area contributed by atoms with Crippen molar-refractivity contribution in [2.24, 2.45) is 0 Å². The number of fused-ring (bicyclic) bond motifs is 2. The summed E-state index contributed by atoms with van der Waals surface area (Å²) in [4.78, 5) is 3.34. The molecule has 4 heteroatoms. The third-order valence-corrected chi connectivity index (χ3v) is 5.73. The third kappa shape index (κ3) is 3.62. The van der Waals surface area contributed by atoms with E-state index in [1.807, 2.05) is 18.2 Å². The molecule has 5 aromatic rings. The average Bonchev–Trinajstić information content (AvgIpc) is 3.35. The number of nitrogens with one attached hydrogen (secondary N) is 2. The molecule has 5 rings (SSSR count). The normalized spacial score (nSPS) is 11.5. The molecule has 2 heterocycles. The van der Waals surface area contributed by atoms with Crippen molar-refractivity contribution >= 4 is 21.8 Å². The number of aromatic nitrogens is 2. The van der Waals surface area contributed by atoms with Crippen molar-refractivity contribution in [3.05, 3.63) is 108 Å². The summed E-state index contributed by atoms with van der Waals surface area (Å²) in [5, 5.41) is 6.09. The third-order valence-electron chi connectivity index (χ3n) is 5.73. The van der Waals surface area contributed by atoms with Crippen LogP contribution in [0.1, 0.15) is 16.7 Å². The Balaban J connectivity index is 1.30. The molecule has 0 aliphatic heterocycles. The predicted molar refractivity (Wildman–Crippen MR) is 121 cm³/mol. The summed E-state index contributed by atoms with van der Waals surface area (Å²) in [6, 6.07) is 23.7. The second kappa shape index (κ2) is 8.17. The number of H-pyrrole nitrogens is 1. The highest BCUT2D eigenvalue weighted by molar-refractivity contribution is 5.84. The van der Waals surface area contributed by atoms with Crippen molar-refractivity contribution in [2.45, 2.75) is 19.5 Å². The highest BCUT2D eigenvalue weighted by atomic mass is 19.1. The maximum absolute atomic E-state index is 14.1. The van der Waals surface area contributed by atoms with Crippen molar-refractivity contribution in [3.63, 3.8) is 0 Å². The molecule has 0 bridgehead atoms. The predicted octanol–water partition coefficient (Wildman–Crippen LogP) is 5.64. The van der Waals surface area contributed by atoms with Crippen molar-refractivity contribution in [1.82, 2.24) is 14.9 Å². The zero-order chi connectivity index (χ0) is 20.3. The van der Waals surface area contributed by atoms with Gasteiger partial charge in [0.05, 0.1) is 6.54 Å². The van der Waals surface area contributed by atoms with E-state index < -0.39 is 0 Å². The maximum atomic E-state index is 14.1. The molecular weight excluding hydrogens is 373 g/mol. The first-order valence-electron chi connectivity index (χ1n) is 10.4. The van der Waals surface area contributed by atoms with Crippen LogP contribution in [0.3, 0.4) is 0 Å². The molecule has 0 saturated carbocycles. The number of hydrogen-bond acceptors (Lipinski definition) is 1. The lowest BCUT2D eigenvalue weighted by Crippen LogP contribution is -2.16. The van der Waals surface area contributed by atoms with Crippen LogP contribution in [0, 0.1) is 5.82 Å². The summed E-state index contributed by atoms with van der Waals surface area (Å²) in [7, 11) is 0. The van der Waals surface area contributed by atoms with E-state index in [-0.39, 0.29) is 5.82 Å². The first-order chi connectivity index (χ1) is 14.8. The topological polar surface area (TPSA) is 32.8 Å². The van der Waals surface area contributed by atoms with Gasteiger partial charge in [-0.15, -0.1) is 0 Å². The highest BCUT2D eigenvalue weighted by Crippen LogP contribution is 2.23. The quantitative estimate of drug-likeness (QED) is 0.342. The Morgan fingerprint density at radius 1 is 0.800 bits per heavy atom. The van der Waals surface area contributed by atoms with Crippen LogP contribution in [0.25, 0.3) is 21.8 Å². The molecule has 2 aromatic heterocycles. The smallest absolute Gasteiger partial charge is 0.128 e. The monoisotopic (exact) mass is 397 g/mol. The molecule has 0 aliphatic carbocycles. The van der Waals surface area contributed by atoms with E-state index in [4.69, 9.17) is 0 Å². The van der Waals surface area contributed by atoms with Gasteiger partial charge in [-0.1, -0.05) is 54.6 Å². The molecule has 0 aliphatic rings. The van der Waals surface area contributed by atoms with Gasteiger partial charge in [-0.3, -0.25) is 0 Å². The highest BCUT2D eigenvalue weighted by Gasteiger charge is 2.10. The van der Waals surface area contributed by atoms with Gasteiger partial charge in [0.25, 0.3) is 0 Å². The van der Waals surface area contributed by atoms with Gasteiger partial charge in [-0.25, -0.2) is 4.39 Å². The second-order valence-electron chi connectivity index (χ2n) is 7.68. The lowest BCUT2D eigenvalue weighted by molar-refractivity contribution is 0.601. The van der Waals surface area contributed by atoms with Crippen LogP contribution in [-0.4, -0.2) is 16.1 Å². The Morgan fingerprint density at radius 2 is 1.57 bits per heavy atom. The summed E-state index contributed by atoms with van der Waals surface area (Å²) in [6.45, 7) is 2.21. The molecule has 0 saturated heterocycles. The average molecular weight is 397 g/mol. The van der Waals surface area contributed by atoms with Crippen LogP contribution < -0.4 is 5.32 Å². The molecule has 0 atom stereocenters. The summed E-state index contributed by atoms with van der Waals surface area (Å²) in [6.07, 6.45) is 5.22. The number of rotatable bonds is 7. The Bertz CT molecular complexity index is 1300. The Morgan fingerprint density at radius 3 is 2.47 bits per heavy atom. The van der Waals surface area contributed by atoms with Crippen molar-refractivity contribution in [1.29, 1.82) is 0 Å². The van der Waals surface area contributed by atoms with Crippen molar-refractivity contribution < 1.29 is 4.39 Å². The van der Waals surface area contributed by atoms with E-state index in [0.29, 0.717) is 12.1 Å². The van der Waals surface area contributed by atoms with Gasteiger partial charge in [-0.05, 0) is 42.3 Å². The van der Waals surface area contributed by atoms with Crippen LogP contribution >= 0.6 is 0 Å². The summed E-state index contributed by atoms with van der Waals surface area (Å²) >= 11 is 0. The Kier molecular flexibility index (Phi) is 5.08. The van der Waals surface area contributed by atoms with E-state index in [2.05, 4.69) is 69.7 Å². The van der Waals surface area contributed by atoms with Gasteiger partial charge in [0.1, 0.15) is 5.82 Å². The second-order valence-corrected chi connectivity index (χ2v) is 7.68. The van der Waals surface area contributed by atoms with Crippen LogP contribution in [-0.2, 0) is 19.5 Å². The van der Waals surface area contributed by atoms with Crippen LogP contribution in [0.15, 0.2) is 85.2 Å². The van der Waals surface area contributed by atoms with Gasteiger partial charge in [-0.2, -0.15) is 0 Å². The fourth-order valence-electron chi connectivity index (χ4n) is 4.19. The van der Waals surface area contributed by atoms with E-state index in [0.717, 1.165) is 25.0 Å². The number of aromatic amines is 1. The minimum absolute atomic E-state index is 0.159. The van der Waals surface area contributed by atoms with E-state index in [9.17, 15) is 4.39 Å². The first kappa shape index (κ1) is 18.6. The van der Waals surface area contributed by atoms with Gasteiger partial charge >= 0.3 is 0 Å². The minimum Gasteiger partial charge on any atom is -0.361 e. The number of benzene rings is 3. The van der Waals surface area contributed by atoms with Crippen molar-refractivity contribution in [3.8, 4) is 0 Å². The van der Waals surface area contributed by atoms with E-state index in [1.54, 1.807) is 6.07 Å². The van der Waals surface area contributed by atoms with Crippen molar-refractivity contribution in [2.75, 3.05) is 6.54 Å². The maximum Gasteiger partial charge on any atom is 0.128 e. The Labute approximate surface area is 175 Å². The fraction of sp³-hybridized carbons (Fsp3) is 0.154. The lowest BCUT2D eigenvalue weighted by Gasteiger charge is -2.06. The van der Waals surface area contributed by atoms with E-state index >= 15 is 0 Å². The molecule has 150 valence electrons.